The second-order valence-electron chi connectivity index (χ2n) is 6.26. The fraction of sp³-hybridized carbons (Fsp3) is 0.211. The number of ketones is 1. The van der Waals surface area contributed by atoms with Crippen LogP contribution in [0, 0.1) is 6.92 Å². The molecule has 0 spiro atoms. The molecule has 0 bridgehead atoms. The molecule has 3 rings (SSSR count). The number of amides is 4. The van der Waals surface area contributed by atoms with E-state index < -0.39 is 29.4 Å². The number of Topliss-reactive ketones (excluding diaryl/α,β-unsaturated/α-hetero) is 1. The summed E-state index contributed by atoms with van der Waals surface area (Å²) in [7, 11) is 0. The van der Waals surface area contributed by atoms with E-state index in [4.69, 9.17) is 10.2 Å². The Balaban J connectivity index is 1.72. The van der Waals surface area contributed by atoms with Gasteiger partial charge in [0.05, 0.1) is 16.7 Å². The number of nitrogens with two attached hydrogens (primary N) is 1. The smallest absolute Gasteiger partial charge is 0.261 e. The predicted molar refractivity (Wildman–Crippen MR) is 97.0 cm³/mol. The molecular formula is C19H17N3O6. The summed E-state index contributed by atoms with van der Waals surface area (Å²) >= 11 is 0. The van der Waals surface area contributed by atoms with Gasteiger partial charge in [-0.1, -0.05) is 12.1 Å². The molecule has 9 heteroatoms. The van der Waals surface area contributed by atoms with Crippen LogP contribution in [-0.2, 0) is 4.79 Å². The molecule has 3 N–H and O–H groups in total. The Labute approximate surface area is 159 Å². The molecule has 4 amide bonds. The lowest BCUT2D eigenvalue weighted by Gasteiger charge is -2.13. The van der Waals surface area contributed by atoms with Gasteiger partial charge >= 0.3 is 0 Å². The third-order valence-corrected chi connectivity index (χ3v) is 4.38. The van der Waals surface area contributed by atoms with E-state index in [1.807, 2.05) is 0 Å². The zero-order valence-corrected chi connectivity index (χ0v) is 15.2. The molecule has 0 radical (unpaired) electrons. The van der Waals surface area contributed by atoms with Crippen LogP contribution in [-0.4, -0.2) is 40.9 Å². The molecule has 0 fully saturated rings. The van der Waals surface area contributed by atoms with E-state index in [2.05, 4.69) is 5.32 Å². The van der Waals surface area contributed by atoms with Crippen LogP contribution in [0.1, 0.15) is 60.5 Å². The number of carbonyl (C=O) groups is 5. The maximum Gasteiger partial charge on any atom is 0.261 e. The van der Waals surface area contributed by atoms with E-state index in [-0.39, 0.29) is 46.9 Å². The molecule has 1 aliphatic heterocycles. The second-order valence-corrected chi connectivity index (χ2v) is 6.26. The highest BCUT2D eigenvalue weighted by Crippen LogP contribution is 2.27. The van der Waals surface area contributed by atoms with Gasteiger partial charge in [0, 0.05) is 13.0 Å². The second kappa shape index (κ2) is 7.10. The minimum Gasteiger partial charge on any atom is -0.444 e. The van der Waals surface area contributed by atoms with Crippen LogP contribution in [0.25, 0.3) is 0 Å². The van der Waals surface area contributed by atoms with Crippen molar-refractivity contribution in [3.63, 3.8) is 0 Å². The van der Waals surface area contributed by atoms with Crippen molar-refractivity contribution in [3.05, 3.63) is 52.3 Å². The van der Waals surface area contributed by atoms with Crippen molar-refractivity contribution < 1.29 is 28.4 Å². The molecule has 0 aliphatic carbocycles. The molecule has 2 aromatic rings. The van der Waals surface area contributed by atoms with Gasteiger partial charge < -0.3 is 10.2 Å². The first-order valence-corrected chi connectivity index (χ1v) is 8.41. The largest absolute Gasteiger partial charge is 0.444 e. The molecule has 9 nitrogen and oxygen atoms in total. The summed E-state index contributed by atoms with van der Waals surface area (Å²) in [5.41, 5.74) is 5.67. The van der Waals surface area contributed by atoms with Crippen molar-refractivity contribution in [2.24, 2.45) is 5.73 Å². The number of nitrogens with zero attached hydrogens (tertiary/aromatic N) is 1. The fourth-order valence-electron chi connectivity index (χ4n) is 3.14. The Bertz CT molecular complexity index is 1000. The number of nitrogens with one attached hydrogen (secondary N) is 1. The van der Waals surface area contributed by atoms with Crippen molar-refractivity contribution in [2.45, 2.75) is 20.3 Å². The summed E-state index contributed by atoms with van der Waals surface area (Å²) in [6.45, 7) is 2.57. The van der Waals surface area contributed by atoms with Gasteiger partial charge in [0.25, 0.3) is 17.7 Å². The lowest BCUT2D eigenvalue weighted by atomic mass is 10.1. The van der Waals surface area contributed by atoms with Crippen LogP contribution in [0.5, 0.6) is 0 Å². The molecule has 1 aromatic carbocycles. The molecule has 28 heavy (non-hydrogen) atoms. The molecule has 0 saturated heterocycles. The van der Waals surface area contributed by atoms with Gasteiger partial charge in [-0.3, -0.25) is 34.2 Å². The Morgan fingerprint density at radius 1 is 1.07 bits per heavy atom. The van der Waals surface area contributed by atoms with Gasteiger partial charge in [0.15, 0.2) is 5.78 Å². The van der Waals surface area contributed by atoms with Gasteiger partial charge in [0.1, 0.15) is 11.3 Å². The van der Waals surface area contributed by atoms with E-state index in [0.29, 0.717) is 0 Å². The number of fused-ring (bicyclic) bond motifs is 1. The SMILES string of the molecule is CC(=O)c1c(C)oc(NC(=O)CCN2C(=O)c3ccccc3C2=O)c1C(N)=O. The first-order chi connectivity index (χ1) is 13.2. The van der Waals surface area contributed by atoms with E-state index >= 15 is 0 Å². The number of hydrogen-bond donors (Lipinski definition) is 2. The van der Waals surface area contributed by atoms with Crippen LogP contribution in [0.2, 0.25) is 0 Å². The first kappa shape index (κ1) is 19.0. The number of aryl methyl sites for hydroxylation is 1. The number of anilines is 1. The van der Waals surface area contributed by atoms with Crippen LogP contribution in [0.15, 0.2) is 28.7 Å². The quantitative estimate of drug-likeness (QED) is 0.572. The third-order valence-electron chi connectivity index (χ3n) is 4.38. The van der Waals surface area contributed by atoms with Gasteiger partial charge in [-0.25, -0.2) is 0 Å². The zero-order chi connectivity index (χ0) is 20.6. The van der Waals surface area contributed by atoms with E-state index in [9.17, 15) is 24.0 Å². The van der Waals surface area contributed by atoms with E-state index in [0.717, 1.165) is 4.90 Å². The average Bonchev–Trinajstić information content (AvgIpc) is 3.08. The van der Waals surface area contributed by atoms with Crippen molar-refractivity contribution in [3.8, 4) is 0 Å². The Morgan fingerprint density at radius 2 is 1.64 bits per heavy atom. The van der Waals surface area contributed by atoms with Gasteiger partial charge in [-0.05, 0) is 26.0 Å². The number of hydrogen-bond acceptors (Lipinski definition) is 6. The number of furan rings is 1. The van der Waals surface area contributed by atoms with Crippen molar-refractivity contribution in [1.82, 2.24) is 4.90 Å². The minimum atomic E-state index is -0.919. The normalized spacial score (nSPS) is 12.9. The number of rotatable bonds is 6. The predicted octanol–water partition coefficient (Wildman–Crippen LogP) is 1.51. The molecule has 1 aromatic heterocycles. The summed E-state index contributed by atoms with van der Waals surface area (Å²) in [6, 6.07) is 6.39. The third kappa shape index (κ3) is 3.18. The Morgan fingerprint density at radius 3 is 2.14 bits per heavy atom. The molecular weight excluding hydrogens is 366 g/mol. The Hall–Kier alpha value is -3.75. The molecule has 1 aliphatic rings. The Kier molecular flexibility index (Phi) is 4.83. The zero-order valence-electron chi connectivity index (χ0n) is 15.2. The highest BCUT2D eigenvalue weighted by molar-refractivity contribution is 6.21. The standard InChI is InChI=1S/C19H17N3O6/c1-9(23)14-10(2)28-17(15(14)16(20)25)21-13(24)7-8-22-18(26)11-5-3-4-6-12(11)19(22)27/h3-6H,7-8H2,1-2H3,(H2,20,25)(H,21,24). The van der Waals surface area contributed by atoms with Gasteiger partial charge in [0.2, 0.25) is 11.8 Å². The number of imide groups is 1. The maximum absolute atomic E-state index is 12.3. The summed E-state index contributed by atoms with van der Waals surface area (Å²) in [6.07, 6.45) is -0.223. The lowest BCUT2D eigenvalue weighted by molar-refractivity contribution is -0.116. The van der Waals surface area contributed by atoms with E-state index in [1.54, 1.807) is 24.3 Å². The summed E-state index contributed by atoms with van der Waals surface area (Å²) in [5, 5.41) is 2.37. The molecule has 0 atom stereocenters. The van der Waals surface area contributed by atoms with Crippen molar-refractivity contribution >= 4 is 35.3 Å². The maximum atomic E-state index is 12.3. The highest BCUT2D eigenvalue weighted by Gasteiger charge is 2.35. The van der Waals surface area contributed by atoms with Crippen LogP contribution in [0.4, 0.5) is 5.88 Å². The topological polar surface area (TPSA) is 140 Å². The van der Waals surface area contributed by atoms with Gasteiger partial charge in [-0.15, -0.1) is 0 Å². The number of benzene rings is 1. The molecule has 0 unspecified atom stereocenters. The minimum absolute atomic E-state index is 0.00291. The molecule has 2 heterocycles. The monoisotopic (exact) mass is 383 g/mol. The highest BCUT2D eigenvalue weighted by atomic mass is 16.4. The number of primary amides is 1. The van der Waals surface area contributed by atoms with Crippen LogP contribution >= 0.6 is 0 Å². The molecule has 0 saturated carbocycles. The van der Waals surface area contributed by atoms with Crippen molar-refractivity contribution in [2.75, 3.05) is 11.9 Å². The van der Waals surface area contributed by atoms with Gasteiger partial charge in [-0.2, -0.15) is 0 Å². The van der Waals surface area contributed by atoms with Crippen molar-refractivity contribution in [1.29, 1.82) is 0 Å². The number of carbonyl (C=O) groups excluding carboxylic acids is 5. The fourth-order valence-corrected chi connectivity index (χ4v) is 3.14. The van der Waals surface area contributed by atoms with Crippen LogP contribution in [0.3, 0.4) is 0 Å². The summed E-state index contributed by atoms with van der Waals surface area (Å²) in [5.74, 6) is -2.99. The average molecular weight is 383 g/mol. The summed E-state index contributed by atoms with van der Waals surface area (Å²) < 4.78 is 5.30. The molecule has 144 valence electrons. The van der Waals surface area contributed by atoms with Crippen LogP contribution < -0.4 is 11.1 Å². The lowest BCUT2D eigenvalue weighted by Crippen LogP contribution is -2.33. The first-order valence-electron chi connectivity index (χ1n) is 8.41. The van der Waals surface area contributed by atoms with E-state index in [1.165, 1.54) is 13.8 Å². The summed E-state index contributed by atoms with van der Waals surface area (Å²) in [4.78, 5) is 61.2.